The first-order chi connectivity index (χ1) is 12.2. The van der Waals surface area contributed by atoms with E-state index in [9.17, 15) is 4.79 Å². The second-order valence-corrected chi connectivity index (χ2v) is 8.54. The fourth-order valence-electron chi connectivity index (χ4n) is 3.71. The molecule has 2 aliphatic rings. The Hall–Kier alpha value is -1.91. The molecule has 0 N–H and O–H groups in total. The Morgan fingerprint density at radius 3 is 2.50 bits per heavy atom. The van der Waals surface area contributed by atoms with Crippen molar-refractivity contribution in [2.45, 2.75) is 77.6 Å². The molecule has 0 radical (unpaired) electrons. The Balaban J connectivity index is 1.61. The van der Waals surface area contributed by atoms with Crippen LogP contribution in [0.1, 0.15) is 71.8 Å². The SMILES string of the molecule is CCCC1(C)Oc2ccc(C3CCN(C(=O)OC(C)(C)C)CC3)cc2O1. The lowest BCUT2D eigenvalue weighted by atomic mass is 9.89. The Kier molecular flexibility index (Phi) is 5.09. The summed E-state index contributed by atoms with van der Waals surface area (Å²) in [6.07, 6.45) is 3.54. The first-order valence-electron chi connectivity index (χ1n) is 9.69. The number of likely N-dealkylation sites (tertiary alicyclic amines) is 1. The van der Waals surface area contributed by atoms with Gasteiger partial charge in [-0.25, -0.2) is 4.79 Å². The zero-order valence-electron chi connectivity index (χ0n) is 16.6. The van der Waals surface area contributed by atoms with Crippen LogP contribution in [0.5, 0.6) is 11.5 Å². The molecular formula is C21H31NO4. The van der Waals surface area contributed by atoms with Crippen LogP contribution in [-0.4, -0.2) is 35.5 Å². The lowest BCUT2D eigenvalue weighted by Crippen LogP contribution is -2.41. The van der Waals surface area contributed by atoms with E-state index >= 15 is 0 Å². The van der Waals surface area contributed by atoms with Crippen molar-refractivity contribution in [3.05, 3.63) is 23.8 Å². The minimum absolute atomic E-state index is 0.211. The number of fused-ring (bicyclic) bond motifs is 1. The molecule has 5 heteroatoms. The number of carbonyl (C=O) groups is 1. The standard InChI is InChI=1S/C21H31NO4/c1-6-11-21(5)24-17-8-7-16(14-18(17)25-21)15-9-12-22(13-10-15)19(23)26-20(2,3)4/h7-8,14-15H,6,9-13H2,1-5H3. The topological polar surface area (TPSA) is 48.0 Å². The number of carbonyl (C=O) groups excluding carboxylic acids is 1. The number of hydrogen-bond acceptors (Lipinski definition) is 4. The van der Waals surface area contributed by atoms with Crippen LogP contribution in [0.4, 0.5) is 4.79 Å². The van der Waals surface area contributed by atoms with Gasteiger partial charge < -0.3 is 19.1 Å². The number of hydrogen-bond donors (Lipinski definition) is 0. The summed E-state index contributed by atoms with van der Waals surface area (Å²) in [5.41, 5.74) is 0.813. The van der Waals surface area contributed by atoms with Crippen molar-refractivity contribution in [2.24, 2.45) is 0 Å². The van der Waals surface area contributed by atoms with Crippen LogP contribution in [0, 0.1) is 0 Å². The van der Waals surface area contributed by atoms with Crippen molar-refractivity contribution in [1.82, 2.24) is 4.90 Å². The van der Waals surface area contributed by atoms with Crippen molar-refractivity contribution in [3.8, 4) is 11.5 Å². The molecule has 1 aromatic carbocycles. The molecule has 3 rings (SSSR count). The Labute approximate surface area is 156 Å². The Morgan fingerprint density at radius 1 is 1.23 bits per heavy atom. The summed E-state index contributed by atoms with van der Waals surface area (Å²) in [7, 11) is 0. The first-order valence-corrected chi connectivity index (χ1v) is 9.69. The van der Waals surface area contributed by atoms with E-state index < -0.39 is 11.4 Å². The van der Waals surface area contributed by atoms with Crippen molar-refractivity contribution >= 4 is 6.09 Å². The second-order valence-electron chi connectivity index (χ2n) is 8.54. The molecule has 2 heterocycles. The summed E-state index contributed by atoms with van der Waals surface area (Å²) in [4.78, 5) is 14.0. The highest BCUT2D eigenvalue weighted by atomic mass is 16.7. The summed E-state index contributed by atoms with van der Waals surface area (Å²) < 4.78 is 17.5. The van der Waals surface area contributed by atoms with Gasteiger partial charge in [0.05, 0.1) is 0 Å². The summed E-state index contributed by atoms with van der Waals surface area (Å²) in [6, 6.07) is 6.27. The van der Waals surface area contributed by atoms with Gasteiger partial charge in [0.15, 0.2) is 11.5 Å². The molecular weight excluding hydrogens is 330 g/mol. The van der Waals surface area contributed by atoms with Crippen LogP contribution in [0.25, 0.3) is 0 Å². The molecule has 0 bridgehead atoms. The second kappa shape index (κ2) is 7.01. The van der Waals surface area contributed by atoms with Gasteiger partial charge in [-0.15, -0.1) is 0 Å². The minimum atomic E-state index is -0.546. The lowest BCUT2D eigenvalue weighted by molar-refractivity contribution is -0.0684. The summed E-state index contributed by atoms with van der Waals surface area (Å²) in [5.74, 6) is 1.56. The van der Waals surface area contributed by atoms with E-state index in [2.05, 4.69) is 19.1 Å². The average Bonchev–Trinajstić information content (AvgIpc) is 2.88. The summed E-state index contributed by atoms with van der Waals surface area (Å²) >= 11 is 0. The fraction of sp³-hybridized carbons (Fsp3) is 0.667. The molecule has 2 aliphatic heterocycles. The van der Waals surface area contributed by atoms with Gasteiger partial charge >= 0.3 is 6.09 Å². The van der Waals surface area contributed by atoms with Crippen LogP contribution in [0.15, 0.2) is 18.2 Å². The molecule has 1 unspecified atom stereocenters. The molecule has 1 aromatic rings. The monoisotopic (exact) mass is 361 g/mol. The predicted octanol–water partition coefficient (Wildman–Crippen LogP) is 5.09. The summed E-state index contributed by atoms with van der Waals surface area (Å²) in [6.45, 7) is 11.3. The van der Waals surface area contributed by atoms with E-state index in [-0.39, 0.29) is 6.09 Å². The van der Waals surface area contributed by atoms with E-state index in [1.54, 1.807) is 0 Å². The molecule has 0 spiro atoms. The van der Waals surface area contributed by atoms with Crippen molar-refractivity contribution in [2.75, 3.05) is 13.1 Å². The molecule has 1 fully saturated rings. The largest absolute Gasteiger partial charge is 0.449 e. The molecule has 1 saturated heterocycles. The van der Waals surface area contributed by atoms with Gasteiger partial charge in [-0.1, -0.05) is 13.0 Å². The van der Waals surface area contributed by atoms with E-state index in [0.717, 1.165) is 50.3 Å². The maximum absolute atomic E-state index is 12.2. The van der Waals surface area contributed by atoms with Gasteiger partial charge in [0.1, 0.15) is 5.60 Å². The van der Waals surface area contributed by atoms with Gasteiger partial charge in [0.2, 0.25) is 5.79 Å². The lowest BCUT2D eigenvalue weighted by Gasteiger charge is -2.33. The van der Waals surface area contributed by atoms with Crippen LogP contribution in [0.3, 0.4) is 0 Å². The zero-order valence-corrected chi connectivity index (χ0v) is 16.6. The zero-order chi connectivity index (χ0) is 18.9. The molecule has 5 nitrogen and oxygen atoms in total. The van der Waals surface area contributed by atoms with Crippen LogP contribution >= 0.6 is 0 Å². The van der Waals surface area contributed by atoms with Gasteiger partial charge in [-0.3, -0.25) is 0 Å². The highest BCUT2D eigenvalue weighted by Gasteiger charge is 2.36. The van der Waals surface area contributed by atoms with Crippen LogP contribution < -0.4 is 9.47 Å². The normalized spacial score (nSPS) is 23.2. The number of piperidine rings is 1. The highest BCUT2D eigenvalue weighted by molar-refractivity contribution is 5.68. The van der Waals surface area contributed by atoms with E-state index in [1.165, 1.54) is 5.56 Å². The Bertz CT molecular complexity index is 658. The molecule has 0 aliphatic carbocycles. The third kappa shape index (κ3) is 4.25. The molecule has 1 amide bonds. The number of nitrogens with zero attached hydrogens (tertiary/aromatic N) is 1. The fourth-order valence-corrected chi connectivity index (χ4v) is 3.71. The smallest absolute Gasteiger partial charge is 0.410 e. The maximum atomic E-state index is 12.2. The van der Waals surface area contributed by atoms with Gasteiger partial charge in [0, 0.05) is 26.4 Å². The molecule has 144 valence electrons. The van der Waals surface area contributed by atoms with Crippen molar-refractivity contribution < 1.29 is 19.0 Å². The molecule has 26 heavy (non-hydrogen) atoms. The highest BCUT2D eigenvalue weighted by Crippen LogP contribution is 2.43. The quantitative estimate of drug-likeness (QED) is 0.752. The minimum Gasteiger partial charge on any atom is -0.449 e. The van der Waals surface area contributed by atoms with Crippen molar-refractivity contribution in [1.29, 1.82) is 0 Å². The number of rotatable bonds is 3. The van der Waals surface area contributed by atoms with Crippen LogP contribution in [0.2, 0.25) is 0 Å². The van der Waals surface area contributed by atoms with Crippen molar-refractivity contribution in [3.63, 3.8) is 0 Å². The average molecular weight is 361 g/mol. The third-order valence-corrected chi connectivity index (χ3v) is 4.94. The maximum Gasteiger partial charge on any atom is 0.410 e. The molecule has 0 aromatic heterocycles. The molecule has 1 atom stereocenters. The number of amides is 1. The van der Waals surface area contributed by atoms with E-state index in [4.69, 9.17) is 14.2 Å². The van der Waals surface area contributed by atoms with E-state index in [1.807, 2.05) is 38.7 Å². The van der Waals surface area contributed by atoms with E-state index in [0.29, 0.717) is 5.92 Å². The Morgan fingerprint density at radius 2 is 1.88 bits per heavy atom. The van der Waals surface area contributed by atoms with Gasteiger partial charge in [0.25, 0.3) is 0 Å². The van der Waals surface area contributed by atoms with Gasteiger partial charge in [-0.05, 0) is 63.6 Å². The first kappa shape index (κ1) is 18.9. The number of benzene rings is 1. The predicted molar refractivity (Wildman–Crippen MR) is 101 cm³/mol. The third-order valence-electron chi connectivity index (χ3n) is 4.94. The van der Waals surface area contributed by atoms with Gasteiger partial charge in [-0.2, -0.15) is 0 Å². The van der Waals surface area contributed by atoms with Crippen LogP contribution in [-0.2, 0) is 4.74 Å². The summed E-state index contributed by atoms with van der Waals surface area (Å²) in [5, 5.41) is 0. The number of ether oxygens (including phenoxy) is 3. The molecule has 0 saturated carbocycles.